The minimum absolute atomic E-state index is 0.489. The van der Waals surface area contributed by atoms with Gasteiger partial charge in [0.15, 0.2) is 0 Å². The van der Waals surface area contributed by atoms with E-state index in [1.807, 2.05) is 6.92 Å². The Morgan fingerprint density at radius 1 is 1.20 bits per heavy atom. The molecular formula is C13H19NO. The molecule has 0 unspecified atom stereocenters. The highest BCUT2D eigenvalue weighted by atomic mass is 16.3. The second-order valence-corrected chi connectivity index (χ2v) is 5.10. The average molecular weight is 205 g/mol. The molecule has 0 aliphatic carbocycles. The van der Waals surface area contributed by atoms with Gasteiger partial charge in [0.1, 0.15) is 0 Å². The van der Waals surface area contributed by atoms with E-state index in [1.165, 1.54) is 11.3 Å². The highest BCUT2D eigenvalue weighted by Crippen LogP contribution is 2.28. The fourth-order valence-corrected chi connectivity index (χ4v) is 2.03. The average Bonchev–Trinajstić information content (AvgIpc) is 2.14. The largest absolute Gasteiger partial charge is 0.386 e. The van der Waals surface area contributed by atoms with Gasteiger partial charge in [-0.25, -0.2) is 0 Å². The molecule has 1 aliphatic rings. The summed E-state index contributed by atoms with van der Waals surface area (Å²) in [6, 6.07) is 8.63. The van der Waals surface area contributed by atoms with Crippen molar-refractivity contribution in [1.29, 1.82) is 0 Å². The summed E-state index contributed by atoms with van der Waals surface area (Å²) in [4.78, 5) is 2.20. The topological polar surface area (TPSA) is 23.5 Å². The van der Waals surface area contributed by atoms with E-state index in [0.29, 0.717) is 5.92 Å². The second-order valence-electron chi connectivity index (χ2n) is 5.10. The smallest absolute Gasteiger partial charge is 0.0967 e. The van der Waals surface area contributed by atoms with Gasteiger partial charge in [-0.3, -0.25) is 0 Å². The molecule has 0 spiro atoms. The summed E-state index contributed by atoms with van der Waals surface area (Å²) in [5.74, 6) is 0.582. The van der Waals surface area contributed by atoms with E-state index in [9.17, 15) is 5.11 Å². The van der Waals surface area contributed by atoms with E-state index in [4.69, 9.17) is 0 Å². The first-order valence-corrected chi connectivity index (χ1v) is 5.55. The summed E-state index contributed by atoms with van der Waals surface area (Å²) in [5.41, 5.74) is 2.09. The number of rotatable bonds is 2. The molecule has 1 fully saturated rings. The standard InChI is InChI=1S/C13H19NO/c1-10(2)11-4-6-12(7-5-11)14-8-13(3,15)9-14/h4-7,10,15H,8-9H2,1-3H3. The van der Waals surface area contributed by atoms with Crippen molar-refractivity contribution in [2.75, 3.05) is 18.0 Å². The van der Waals surface area contributed by atoms with Crippen LogP contribution in [0, 0.1) is 0 Å². The van der Waals surface area contributed by atoms with Gasteiger partial charge in [-0.05, 0) is 30.5 Å². The molecule has 1 aromatic carbocycles. The molecule has 2 heteroatoms. The van der Waals surface area contributed by atoms with E-state index in [0.717, 1.165) is 13.1 Å². The first kappa shape index (κ1) is 10.5. The molecule has 0 saturated carbocycles. The number of benzene rings is 1. The van der Waals surface area contributed by atoms with Crippen LogP contribution < -0.4 is 4.90 Å². The summed E-state index contributed by atoms with van der Waals surface area (Å²) < 4.78 is 0. The third-order valence-corrected chi connectivity index (χ3v) is 2.99. The van der Waals surface area contributed by atoms with Gasteiger partial charge < -0.3 is 10.0 Å². The number of aliphatic hydroxyl groups is 1. The zero-order chi connectivity index (χ0) is 11.1. The van der Waals surface area contributed by atoms with Crippen LogP contribution in [-0.2, 0) is 0 Å². The minimum atomic E-state index is -0.489. The Morgan fingerprint density at radius 3 is 2.13 bits per heavy atom. The van der Waals surface area contributed by atoms with Gasteiger partial charge in [0.05, 0.1) is 5.60 Å². The molecule has 0 amide bonds. The predicted octanol–water partition coefficient (Wildman–Crippen LogP) is 2.38. The fraction of sp³-hybridized carbons (Fsp3) is 0.538. The molecule has 0 atom stereocenters. The number of nitrogens with zero attached hydrogens (tertiary/aromatic N) is 1. The quantitative estimate of drug-likeness (QED) is 0.801. The summed E-state index contributed by atoms with van der Waals surface area (Å²) >= 11 is 0. The Balaban J connectivity index is 2.06. The normalized spacial score (nSPS) is 19.1. The highest BCUT2D eigenvalue weighted by molar-refractivity contribution is 5.51. The van der Waals surface area contributed by atoms with E-state index in [2.05, 4.69) is 43.0 Å². The van der Waals surface area contributed by atoms with Crippen molar-refractivity contribution in [1.82, 2.24) is 0 Å². The molecule has 1 saturated heterocycles. The van der Waals surface area contributed by atoms with Crippen LogP contribution in [-0.4, -0.2) is 23.8 Å². The van der Waals surface area contributed by atoms with Crippen LogP contribution in [0.3, 0.4) is 0 Å². The molecule has 1 heterocycles. The first-order chi connectivity index (χ1) is 6.98. The summed E-state index contributed by atoms with van der Waals surface area (Å²) in [6.45, 7) is 7.76. The first-order valence-electron chi connectivity index (χ1n) is 5.55. The van der Waals surface area contributed by atoms with Crippen LogP contribution in [0.5, 0.6) is 0 Å². The fourth-order valence-electron chi connectivity index (χ4n) is 2.03. The summed E-state index contributed by atoms with van der Waals surface area (Å²) in [5, 5.41) is 9.65. The molecule has 82 valence electrons. The number of hydrogen-bond donors (Lipinski definition) is 1. The van der Waals surface area contributed by atoms with Gasteiger partial charge in [-0.1, -0.05) is 26.0 Å². The lowest BCUT2D eigenvalue weighted by atomic mass is 9.95. The zero-order valence-electron chi connectivity index (χ0n) is 9.70. The third-order valence-electron chi connectivity index (χ3n) is 2.99. The molecule has 0 aromatic heterocycles. The highest BCUT2D eigenvalue weighted by Gasteiger charge is 2.36. The van der Waals surface area contributed by atoms with Crippen molar-refractivity contribution >= 4 is 5.69 Å². The minimum Gasteiger partial charge on any atom is -0.386 e. The monoisotopic (exact) mass is 205 g/mol. The number of hydrogen-bond acceptors (Lipinski definition) is 2. The summed E-state index contributed by atoms with van der Waals surface area (Å²) in [7, 11) is 0. The van der Waals surface area contributed by atoms with Crippen molar-refractivity contribution < 1.29 is 5.11 Å². The Morgan fingerprint density at radius 2 is 1.73 bits per heavy atom. The second kappa shape index (κ2) is 3.53. The Bertz CT molecular complexity index is 332. The van der Waals surface area contributed by atoms with Crippen LogP contribution >= 0.6 is 0 Å². The van der Waals surface area contributed by atoms with Crippen LogP contribution in [0.2, 0.25) is 0 Å². The Labute approximate surface area is 91.5 Å². The van der Waals surface area contributed by atoms with E-state index < -0.39 is 5.60 Å². The SMILES string of the molecule is CC(C)c1ccc(N2CC(C)(O)C2)cc1. The van der Waals surface area contributed by atoms with Crippen molar-refractivity contribution in [3.8, 4) is 0 Å². The summed E-state index contributed by atoms with van der Waals surface area (Å²) in [6.07, 6.45) is 0. The van der Waals surface area contributed by atoms with E-state index >= 15 is 0 Å². The maximum absolute atomic E-state index is 9.65. The predicted molar refractivity (Wildman–Crippen MR) is 63.4 cm³/mol. The van der Waals surface area contributed by atoms with Gasteiger partial charge in [0, 0.05) is 18.8 Å². The van der Waals surface area contributed by atoms with Gasteiger partial charge in [-0.15, -0.1) is 0 Å². The molecule has 0 bridgehead atoms. The van der Waals surface area contributed by atoms with Crippen LogP contribution in [0.1, 0.15) is 32.3 Å². The van der Waals surface area contributed by atoms with Crippen molar-refractivity contribution in [2.24, 2.45) is 0 Å². The third kappa shape index (κ3) is 2.15. The van der Waals surface area contributed by atoms with Gasteiger partial charge >= 0.3 is 0 Å². The van der Waals surface area contributed by atoms with Crippen LogP contribution in [0.4, 0.5) is 5.69 Å². The van der Waals surface area contributed by atoms with E-state index in [-0.39, 0.29) is 0 Å². The molecule has 15 heavy (non-hydrogen) atoms. The lowest BCUT2D eigenvalue weighted by Crippen LogP contribution is -2.60. The molecular weight excluding hydrogens is 186 g/mol. The lowest BCUT2D eigenvalue weighted by Gasteiger charge is -2.45. The maximum atomic E-state index is 9.65. The van der Waals surface area contributed by atoms with Crippen LogP contribution in [0.15, 0.2) is 24.3 Å². The molecule has 0 radical (unpaired) electrons. The van der Waals surface area contributed by atoms with Gasteiger partial charge in [0.25, 0.3) is 0 Å². The van der Waals surface area contributed by atoms with Gasteiger partial charge in [-0.2, -0.15) is 0 Å². The molecule has 1 aromatic rings. The number of β-amino-alcohol motifs (C(OH)–C–C–N with tert-alkyl or cyclic N) is 1. The molecule has 2 nitrogen and oxygen atoms in total. The number of anilines is 1. The molecule has 2 rings (SSSR count). The molecule has 1 aliphatic heterocycles. The van der Waals surface area contributed by atoms with E-state index in [1.54, 1.807) is 0 Å². The maximum Gasteiger partial charge on any atom is 0.0967 e. The van der Waals surface area contributed by atoms with Gasteiger partial charge in [0.2, 0.25) is 0 Å². The zero-order valence-corrected chi connectivity index (χ0v) is 9.70. The Kier molecular flexibility index (Phi) is 2.47. The Hall–Kier alpha value is -1.02. The van der Waals surface area contributed by atoms with Crippen molar-refractivity contribution in [3.63, 3.8) is 0 Å². The van der Waals surface area contributed by atoms with Crippen molar-refractivity contribution in [3.05, 3.63) is 29.8 Å². The van der Waals surface area contributed by atoms with Crippen molar-refractivity contribution in [2.45, 2.75) is 32.3 Å². The molecule has 1 N–H and O–H groups in total. The van der Waals surface area contributed by atoms with Crippen LogP contribution in [0.25, 0.3) is 0 Å². The lowest BCUT2D eigenvalue weighted by molar-refractivity contribution is 0.0310.